The number of fused-ring (bicyclic) bond motifs is 3. The van der Waals surface area contributed by atoms with E-state index in [4.69, 9.17) is 16.3 Å². The molecule has 4 aromatic rings. The van der Waals surface area contributed by atoms with Crippen LogP contribution in [-0.4, -0.2) is 42.6 Å². The molecule has 160 valence electrons. The Kier molecular flexibility index (Phi) is 5.47. The quantitative estimate of drug-likeness (QED) is 0.489. The summed E-state index contributed by atoms with van der Waals surface area (Å²) >= 11 is 6.02. The van der Waals surface area contributed by atoms with E-state index in [1.165, 1.54) is 15.3 Å². The number of hydrogen-bond acceptors (Lipinski definition) is 6. The highest BCUT2D eigenvalue weighted by Gasteiger charge is 2.26. The number of carboxylic acid groups (broad SMARTS) is 1. The van der Waals surface area contributed by atoms with Crippen molar-refractivity contribution in [3.8, 4) is 11.1 Å². The molecule has 3 aromatic heterocycles. The van der Waals surface area contributed by atoms with Crippen LogP contribution in [0.5, 0.6) is 0 Å². The minimum absolute atomic E-state index is 0.0380. The van der Waals surface area contributed by atoms with Crippen molar-refractivity contribution < 1.29 is 14.6 Å². The number of carbonyl (C=O) groups is 1. The Morgan fingerprint density at radius 2 is 1.90 bits per heavy atom. The highest BCUT2D eigenvalue weighted by atomic mass is 35.5. The summed E-state index contributed by atoms with van der Waals surface area (Å²) in [7, 11) is 1.57. The predicted octanol–water partition coefficient (Wildman–Crippen LogP) is 3.19. The van der Waals surface area contributed by atoms with Crippen LogP contribution in [0, 0.1) is 5.92 Å². The molecule has 0 saturated carbocycles. The van der Waals surface area contributed by atoms with Crippen molar-refractivity contribution in [3.63, 3.8) is 0 Å². The van der Waals surface area contributed by atoms with Crippen LogP contribution in [-0.2, 0) is 16.1 Å². The Morgan fingerprint density at radius 3 is 2.52 bits per heavy atom. The van der Waals surface area contributed by atoms with Gasteiger partial charge in [0.1, 0.15) is 11.6 Å². The molecule has 31 heavy (non-hydrogen) atoms. The summed E-state index contributed by atoms with van der Waals surface area (Å²) in [6.45, 7) is 3.72. The molecular weight excluding hydrogens is 422 g/mol. The number of pyridine rings is 1. The third-order valence-corrected chi connectivity index (χ3v) is 5.33. The van der Waals surface area contributed by atoms with Crippen LogP contribution in [0.2, 0.25) is 5.02 Å². The normalized spacial score (nSPS) is 12.7. The molecule has 1 aromatic carbocycles. The van der Waals surface area contributed by atoms with Gasteiger partial charge in [-0.25, -0.2) is 9.31 Å². The van der Waals surface area contributed by atoms with Gasteiger partial charge in [0.15, 0.2) is 11.2 Å². The zero-order chi connectivity index (χ0) is 22.3. The fraction of sp³-hybridized carbons (Fsp3) is 0.286. The highest BCUT2D eigenvalue weighted by molar-refractivity contribution is 6.30. The first-order valence-corrected chi connectivity index (χ1v) is 9.98. The first-order valence-electron chi connectivity index (χ1n) is 9.60. The molecule has 0 saturated heterocycles. The Morgan fingerprint density at radius 1 is 1.19 bits per heavy atom. The number of nitrogens with zero attached hydrogens (tertiary/aromatic N) is 5. The SMILES string of the molecule is COCc1nn2c(nnc3c(=O)n(C(C(=O)O)C(C)C)ccc32)c1-c1ccc(Cl)cc1. The van der Waals surface area contributed by atoms with E-state index in [9.17, 15) is 14.7 Å². The number of methoxy groups -OCH3 is 1. The van der Waals surface area contributed by atoms with Crippen molar-refractivity contribution >= 4 is 34.3 Å². The molecule has 10 heteroatoms. The van der Waals surface area contributed by atoms with E-state index in [0.717, 1.165) is 11.1 Å². The maximum absolute atomic E-state index is 13.1. The highest BCUT2D eigenvalue weighted by Crippen LogP contribution is 2.30. The van der Waals surface area contributed by atoms with Gasteiger partial charge in [-0.05, 0) is 29.7 Å². The van der Waals surface area contributed by atoms with Gasteiger partial charge in [0.05, 0.1) is 17.9 Å². The van der Waals surface area contributed by atoms with E-state index in [-0.39, 0.29) is 18.0 Å². The number of hydrogen-bond donors (Lipinski definition) is 1. The van der Waals surface area contributed by atoms with E-state index in [2.05, 4.69) is 15.3 Å². The van der Waals surface area contributed by atoms with E-state index in [1.54, 1.807) is 39.2 Å². The van der Waals surface area contributed by atoms with Gasteiger partial charge < -0.3 is 9.84 Å². The lowest BCUT2D eigenvalue weighted by molar-refractivity contribution is -0.142. The minimum atomic E-state index is -1.09. The van der Waals surface area contributed by atoms with Gasteiger partial charge in [-0.15, -0.1) is 10.2 Å². The molecule has 0 aliphatic heterocycles. The van der Waals surface area contributed by atoms with Crippen molar-refractivity contribution in [2.75, 3.05) is 7.11 Å². The summed E-state index contributed by atoms with van der Waals surface area (Å²) < 4.78 is 8.02. The summed E-state index contributed by atoms with van der Waals surface area (Å²) in [5.74, 6) is -1.38. The average molecular weight is 442 g/mol. The van der Waals surface area contributed by atoms with Gasteiger partial charge >= 0.3 is 5.97 Å². The predicted molar refractivity (Wildman–Crippen MR) is 115 cm³/mol. The van der Waals surface area contributed by atoms with Crippen LogP contribution in [0.4, 0.5) is 0 Å². The molecule has 0 fully saturated rings. The van der Waals surface area contributed by atoms with Crippen LogP contribution in [0.25, 0.3) is 27.8 Å². The molecule has 1 unspecified atom stereocenters. The van der Waals surface area contributed by atoms with Crippen molar-refractivity contribution in [1.29, 1.82) is 0 Å². The Balaban J connectivity index is 1.99. The monoisotopic (exact) mass is 441 g/mol. The van der Waals surface area contributed by atoms with Crippen LogP contribution in [0.1, 0.15) is 25.6 Å². The van der Waals surface area contributed by atoms with Crippen molar-refractivity contribution in [3.05, 3.63) is 57.6 Å². The van der Waals surface area contributed by atoms with E-state index in [0.29, 0.717) is 21.9 Å². The first-order chi connectivity index (χ1) is 14.8. The zero-order valence-electron chi connectivity index (χ0n) is 17.1. The number of halogens is 1. The summed E-state index contributed by atoms with van der Waals surface area (Å²) in [6.07, 6.45) is 1.46. The second kappa shape index (κ2) is 8.09. The maximum Gasteiger partial charge on any atom is 0.327 e. The fourth-order valence-electron chi connectivity index (χ4n) is 3.70. The third-order valence-electron chi connectivity index (χ3n) is 5.08. The van der Waals surface area contributed by atoms with Crippen LogP contribution in [0.15, 0.2) is 41.3 Å². The third kappa shape index (κ3) is 3.55. The van der Waals surface area contributed by atoms with Gasteiger partial charge in [-0.2, -0.15) is 5.10 Å². The molecule has 0 aliphatic carbocycles. The number of aliphatic carboxylic acids is 1. The van der Waals surface area contributed by atoms with E-state index < -0.39 is 17.6 Å². The second-order valence-corrected chi connectivity index (χ2v) is 7.92. The van der Waals surface area contributed by atoms with Gasteiger partial charge in [-0.3, -0.25) is 9.36 Å². The molecule has 9 nitrogen and oxygen atoms in total. The van der Waals surface area contributed by atoms with Gasteiger partial charge in [0.25, 0.3) is 5.56 Å². The Hall–Kier alpha value is -3.30. The maximum atomic E-state index is 13.1. The average Bonchev–Trinajstić information content (AvgIpc) is 3.08. The van der Waals surface area contributed by atoms with Crippen LogP contribution < -0.4 is 5.56 Å². The molecule has 0 spiro atoms. The minimum Gasteiger partial charge on any atom is -0.480 e. The molecule has 0 radical (unpaired) electrons. The Bertz CT molecular complexity index is 1340. The summed E-state index contributed by atoms with van der Waals surface area (Å²) in [5.41, 5.74) is 2.57. The molecule has 1 atom stereocenters. The molecule has 3 heterocycles. The lowest BCUT2D eigenvalue weighted by Gasteiger charge is -2.19. The Labute approximate surface area is 181 Å². The number of carboxylic acids is 1. The van der Waals surface area contributed by atoms with E-state index >= 15 is 0 Å². The van der Waals surface area contributed by atoms with Gasteiger partial charge in [0.2, 0.25) is 0 Å². The fourth-order valence-corrected chi connectivity index (χ4v) is 3.83. The molecule has 4 rings (SSSR count). The van der Waals surface area contributed by atoms with Crippen LogP contribution >= 0.6 is 11.6 Å². The lowest BCUT2D eigenvalue weighted by atomic mass is 10.0. The number of rotatable bonds is 6. The number of aromatic nitrogens is 5. The molecule has 1 N–H and O–H groups in total. The molecule has 0 amide bonds. The van der Waals surface area contributed by atoms with Crippen molar-refractivity contribution in [2.24, 2.45) is 5.92 Å². The van der Waals surface area contributed by atoms with Crippen LogP contribution in [0.3, 0.4) is 0 Å². The first kappa shape index (κ1) is 21.0. The largest absolute Gasteiger partial charge is 0.480 e. The molecular formula is C21H20ClN5O4. The number of ether oxygens (including phenoxy) is 1. The molecule has 0 aliphatic rings. The summed E-state index contributed by atoms with van der Waals surface area (Å²) in [4.78, 5) is 24.8. The second-order valence-electron chi connectivity index (χ2n) is 7.49. The smallest absolute Gasteiger partial charge is 0.327 e. The summed E-state index contributed by atoms with van der Waals surface area (Å²) in [5, 5.41) is 23.2. The standard InChI is InChI=1S/C21H20ClN5O4/c1-11(2)18(21(29)30)26-9-8-15-17(20(26)28)23-24-19-16(12-4-6-13(22)7-5-12)14(10-31-3)25-27(15)19/h4-9,11,18H,10H2,1-3H3,(H,29,30). The number of benzene rings is 1. The zero-order valence-corrected chi connectivity index (χ0v) is 17.9. The lowest BCUT2D eigenvalue weighted by Crippen LogP contribution is -2.33. The van der Waals surface area contributed by atoms with E-state index in [1.807, 2.05) is 12.1 Å². The van der Waals surface area contributed by atoms with Gasteiger partial charge in [0, 0.05) is 18.3 Å². The molecule has 0 bridgehead atoms. The van der Waals surface area contributed by atoms with Gasteiger partial charge in [-0.1, -0.05) is 37.6 Å². The van der Waals surface area contributed by atoms with Crippen molar-refractivity contribution in [2.45, 2.75) is 26.5 Å². The van der Waals surface area contributed by atoms with Crippen molar-refractivity contribution in [1.82, 2.24) is 24.4 Å². The summed E-state index contributed by atoms with van der Waals surface area (Å²) in [6, 6.07) is 7.85. The topological polar surface area (TPSA) is 112 Å².